The second kappa shape index (κ2) is 4.66. The molecular formula is C13H18O2Si. The third-order valence-electron chi connectivity index (χ3n) is 2.51. The van der Waals surface area contributed by atoms with Crippen molar-refractivity contribution in [3.8, 4) is 0 Å². The minimum absolute atomic E-state index is 0.477. The Labute approximate surface area is 97.6 Å². The quantitative estimate of drug-likeness (QED) is 0.642. The van der Waals surface area contributed by atoms with Crippen LogP contribution in [0.25, 0.3) is 5.20 Å². The molecule has 16 heavy (non-hydrogen) atoms. The molecule has 0 unspecified atom stereocenters. The van der Waals surface area contributed by atoms with Crippen LogP contribution in [0.1, 0.15) is 12.5 Å². The molecule has 0 saturated heterocycles. The molecule has 1 rings (SSSR count). The molecule has 0 spiro atoms. The van der Waals surface area contributed by atoms with Crippen molar-refractivity contribution < 1.29 is 9.90 Å². The first-order chi connectivity index (χ1) is 7.34. The average Bonchev–Trinajstić information content (AvgIpc) is 2.17. The van der Waals surface area contributed by atoms with E-state index in [1.165, 1.54) is 0 Å². The summed E-state index contributed by atoms with van der Waals surface area (Å²) in [6, 6.07) is 9.82. The normalized spacial score (nSPS) is 13.2. The van der Waals surface area contributed by atoms with Crippen LogP contribution < -0.4 is 0 Å². The van der Waals surface area contributed by atoms with Gasteiger partial charge < -0.3 is 5.11 Å². The van der Waals surface area contributed by atoms with E-state index < -0.39 is 14.0 Å². The summed E-state index contributed by atoms with van der Waals surface area (Å²) >= 11 is 0. The van der Waals surface area contributed by atoms with Crippen molar-refractivity contribution in [2.45, 2.75) is 26.6 Å². The van der Waals surface area contributed by atoms with Gasteiger partial charge in [0.1, 0.15) is 0 Å². The molecule has 0 aliphatic carbocycles. The maximum atomic E-state index is 11.1. The molecule has 0 heterocycles. The minimum Gasteiger partial charge on any atom is -0.478 e. The fraction of sp³-hybridized carbons (Fsp3) is 0.308. The first-order valence-corrected chi connectivity index (χ1v) is 8.84. The van der Waals surface area contributed by atoms with Crippen molar-refractivity contribution in [2.75, 3.05) is 0 Å². The predicted molar refractivity (Wildman–Crippen MR) is 70.0 cm³/mol. The summed E-state index contributed by atoms with van der Waals surface area (Å²) in [6.07, 6.45) is 0. The van der Waals surface area contributed by atoms with E-state index in [1.54, 1.807) is 6.92 Å². The van der Waals surface area contributed by atoms with Crippen molar-refractivity contribution >= 4 is 19.2 Å². The van der Waals surface area contributed by atoms with E-state index in [2.05, 4.69) is 19.6 Å². The molecule has 0 aliphatic heterocycles. The predicted octanol–water partition coefficient (Wildman–Crippen LogP) is 3.42. The molecule has 0 radical (unpaired) electrons. The summed E-state index contributed by atoms with van der Waals surface area (Å²) in [5, 5.41) is 10.2. The molecule has 3 heteroatoms. The highest BCUT2D eigenvalue weighted by Gasteiger charge is 2.25. The van der Waals surface area contributed by atoms with Crippen LogP contribution in [0.15, 0.2) is 35.9 Å². The molecule has 0 fully saturated rings. The molecule has 1 aromatic carbocycles. The number of carboxylic acid groups (broad SMARTS) is 1. The summed E-state index contributed by atoms with van der Waals surface area (Å²) in [6.45, 7) is 8.20. The fourth-order valence-electron chi connectivity index (χ4n) is 1.92. The highest BCUT2D eigenvalue weighted by Crippen LogP contribution is 2.29. The summed E-state index contributed by atoms with van der Waals surface area (Å²) in [5.41, 5.74) is 1.52. The van der Waals surface area contributed by atoms with Crippen LogP contribution in [0.4, 0.5) is 0 Å². The van der Waals surface area contributed by atoms with E-state index in [0.717, 1.165) is 10.8 Å². The molecule has 0 saturated carbocycles. The zero-order valence-corrected chi connectivity index (χ0v) is 11.2. The average molecular weight is 234 g/mol. The second-order valence-electron chi connectivity index (χ2n) is 4.92. The molecular weight excluding hydrogens is 216 g/mol. The number of benzene rings is 1. The van der Waals surface area contributed by atoms with E-state index in [-0.39, 0.29) is 0 Å². The van der Waals surface area contributed by atoms with Crippen LogP contribution in [0.5, 0.6) is 0 Å². The molecule has 0 amide bonds. The lowest BCUT2D eigenvalue weighted by molar-refractivity contribution is -0.132. The maximum Gasteiger partial charge on any atom is 0.331 e. The summed E-state index contributed by atoms with van der Waals surface area (Å²) in [7, 11) is -1.65. The van der Waals surface area contributed by atoms with E-state index in [0.29, 0.717) is 5.57 Å². The van der Waals surface area contributed by atoms with Gasteiger partial charge in [-0.2, -0.15) is 0 Å². The molecule has 86 valence electrons. The van der Waals surface area contributed by atoms with Gasteiger partial charge in [0.25, 0.3) is 0 Å². The number of carbonyl (C=O) groups is 1. The zero-order valence-electron chi connectivity index (χ0n) is 10.2. The standard InChI is InChI=1S/C13H18O2Si/c1-10(13(14)15)12(16(2,3)4)11-8-6-5-7-9-11/h5-9H,1-4H3,(H,14,15)/b12-10-. The van der Waals surface area contributed by atoms with Crippen molar-refractivity contribution in [3.63, 3.8) is 0 Å². The van der Waals surface area contributed by atoms with Crippen LogP contribution in [0.3, 0.4) is 0 Å². The van der Waals surface area contributed by atoms with Gasteiger partial charge in [0, 0.05) is 5.57 Å². The highest BCUT2D eigenvalue weighted by molar-refractivity contribution is 6.94. The van der Waals surface area contributed by atoms with Gasteiger partial charge in [-0.05, 0) is 17.7 Å². The van der Waals surface area contributed by atoms with Crippen molar-refractivity contribution in [1.82, 2.24) is 0 Å². The van der Waals surface area contributed by atoms with E-state index in [4.69, 9.17) is 5.11 Å². The first-order valence-electron chi connectivity index (χ1n) is 5.34. The van der Waals surface area contributed by atoms with Crippen LogP contribution in [0.2, 0.25) is 19.6 Å². The fourth-order valence-corrected chi connectivity index (χ4v) is 4.19. The van der Waals surface area contributed by atoms with Gasteiger partial charge in [-0.3, -0.25) is 0 Å². The third-order valence-corrected chi connectivity index (χ3v) is 4.67. The topological polar surface area (TPSA) is 37.3 Å². The molecule has 0 aliphatic rings. The van der Waals surface area contributed by atoms with Crippen LogP contribution >= 0.6 is 0 Å². The lowest BCUT2D eigenvalue weighted by atomic mass is 10.1. The van der Waals surface area contributed by atoms with Crippen LogP contribution in [-0.4, -0.2) is 19.1 Å². The maximum absolute atomic E-state index is 11.1. The Bertz CT molecular complexity index is 413. The van der Waals surface area contributed by atoms with Gasteiger partial charge in [0.15, 0.2) is 0 Å². The van der Waals surface area contributed by atoms with Gasteiger partial charge in [0.2, 0.25) is 0 Å². The number of hydrogen-bond donors (Lipinski definition) is 1. The Morgan fingerprint density at radius 3 is 2.00 bits per heavy atom. The zero-order chi connectivity index (χ0) is 12.3. The Morgan fingerprint density at radius 2 is 1.62 bits per heavy atom. The first kappa shape index (κ1) is 12.7. The van der Waals surface area contributed by atoms with Gasteiger partial charge in [-0.15, -0.1) is 0 Å². The van der Waals surface area contributed by atoms with Crippen molar-refractivity contribution in [2.24, 2.45) is 0 Å². The van der Waals surface area contributed by atoms with Gasteiger partial charge >= 0.3 is 5.97 Å². The van der Waals surface area contributed by atoms with Crippen LogP contribution in [-0.2, 0) is 4.79 Å². The molecule has 1 aromatic rings. The lowest BCUT2D eigenvalue weighted by Gasteiger charge is -2.23. The smallest absolute Gasteiger partial charge is 0.331 e. The molecule has 0 bridgehead atoms. The summed E-state index contributed by atoms with van der Waals surface area (Å²) in [4.78, 5) is 11.1. The van der Waals surface area contributed by atoms with E-state index in [9.17, 15) is 4.79 Å². The van der Waals surface area contributed by atoms with Gasteiger partial charge in [-0.25, -0.2) is 4.79 Å². The van der Waals surface area contributed by atoms with Gasteiger partial charge in [-0.1, -0.05) is 50.0 Å². The Kier molecular flexibility index (Phi) is 3.70. The molecule has 0 aromatic heterocycles. The summed E-state index contributed by atoms with van der Waals surface area (Å²) < 4.78 is 0. The number of hydrogen-bond acceptors (Lipinski definition) is 1. The largest absolute Gasteiger partial charge is 0.478 e. The van der Waals surface area contributed by atoms with E-state index in [1.807, 2.05) is 30.3 Å². The molecule has 1 N–H and O–H groups in total. The minimum atomic E-state index is -1.65. The number of carboxylic acids is 1. The number of rotatable bonds is 3. The lowest BCUT2D eigenvalue weighted by Crippen LogP contribution is -2.25. The van der Waals surface area contributed by atoms with Crippen LogP contribution in [0, 0.1) is 0 Å². The number of aliphatic carboxylic acids is 1. The van der Waals surface area contributed by atoms with E-state index >= 15 is 0 Å². The Balaban J connectivity index is 3.40. The molecule has 2 nitrogen and oxygen atoms in total. The SMILES string of the molecule is C/C(C(=O)O)=C(\c1ccccc1)[Si](C)(C)C. The van der Waals surface area contributed by atoms with Gasteiger partial charge in [0.05, 0.1) is 8.07 Å². The molecule has 0 atom stereocenters. The third kappa shape index (κ3) is 2.82. The Morgan fingerprint density at radius 1 is 1.12 bits per heavy atom. The highest BCUT2D eigenvalue weighted by atomic mass is 28.3. The summed E-state index contributed by atoms with van der Waals surface area (Å²) in [5.74, 6) is -0.818. The Hall–Kier alpha value is -1.35. The monoisotopic (exact) mass is 234 g/mol. The van der Waals surface area contributed by atoms with Crippen molar-refractivity contribution in [1.29, 1.82) is 0 Å². The van der Waals surface area contributed by atoms with Crippen molar-refractivity contribution in [3.05, 3.63) is 41.5 Å². The second-order valence-corrected chi connectivity index (χ2v) is 9.92.